The smallest absolute Gasteiger partial charge is 0.216 e. The normalized spacial score (nSPS) is 11.4. The molecule has 162 valence electrons. The predicted octanol–water partition coefficient (Wildman–Crippen LogP) is 2.62. The van der Waals surface area contributed by atoms with Crippen molar-refractivity contribution >= 4 is 11.8 Å². The van der Waals surface area contributed by atoms with Crippen LogP contribution in [0.15, 0.2) is 39.7 Å². The van der Waals surface area contributed by atoms with Crippen LogP contribution < -0.4 is 16.4 Å². The van der Waals surface area contributed by atoms with E-state index in [-0.39, 0.29) is 0 Å². The summed E-state index contributed by atoms with van der Waals surface area (Å²) in [5.41, 5.74) is 9.00. The number of hydrogen-bond donors (Lipinski definition) is 3. The molecule has 0 radical (unpaired) electrons. The number of nitrogen functional groups attached to an aromatic ring is 1. The molecule has 3 rings (SSSR count). The van der Waals surface area contributed by atoms with E-state index in [1.54, 1.807) is 4.68 Å². The predicted molar refractivity (Wildman–Crippen MR) is 120 cm³/mol. The summed E-state index contributed by atoms with van der Waals surface area (Å²) in [6, 6.07) is 11.8. The molecule has 0 amide bonds. The standard InChI is InChI=1S/C22H28N8O/c1-4-25-22(27-14-20-28-15(2)16(3)31-20)26-12-8-11-19-18(13-23)21(24)30(29-19)17-9-6-5-7-10-17/h5-7,9-10H,4,8,11-12,14,24H2,1-3H3,(H2,25,26,27). The van der Waals surface area contributed by atoms with E-state index < -0.39 is 0 Å². The van der Waals surface area contributed by atoms with Crippen molar-refractivity contribution in [2.24, 2.45) is 4.99 Å². The minimum absolute atomic E-state index is 0.362. The van der Waals surface area contributed by atoms with Gasteiger partial charge in [0.25, 0.3) is 0 Å². The van der Waals surface area contributed by atoms with Crippen molar-refractivity contribution in [3.63, 3.8) is 0 Å². The van der Waals surface area contributed by atoms with Gasteiger partial charge < -0.3 is 20.8 Å². The van der Waals surface area contributed by atoms with Gasteiger partial charge in [-0.05, 0) is 45.7 Å². The van der Waals surface area contributed by atoms with Crippen LogP contribution in [-0.4, -0.2) is 33.8 Å². The minimum Gasteiger partial charge on any atom is -0.444 e. The summed E-state index contributed by atoms with van der Waals surface area (Å²) >= 11 is 0. The monoisotopic (exact) mass is 420 g/mol. The minimum atomic E-state index is 0.362. The van der Waals surface area contributed by atoms with Crippen molar-refractivity contribution in [1.29, 1.82) is 5.26 Å². The number of oxazole rings is 1. The van der Waals surface area contributed by atoms with Gasteiger partial charge in [0.1, 0.15) is 29.8 Å². The second kappa shape index (κ2) is 10.3. The molecule has 0 bridgehead atoms. The number of nitrogens with two attached hydrogens (primary N) is 1. The summed E-state index contributed by atoms with van der Waals surface area (Å²) in [7, 11) is 0. The zero-order valence-electron chi connectivity index (χ0n) is 18.1. The van der Waals surface area contributed by atoms with Crippen LogP contribution in [-0.2, 0) is 13.0 Å². The number of rotatable bonds is 8. The third-order valence-electron chi connectivity index (χ3n) is 4.78. The van der Waals surface area contributed by atoms with Gasteiger partial charge >= 0.3 is 0 Å². The average molecular weight is 421 g/mol. The lowest BCUT2D eigenvalue weighted by molar-refractivity contribution is 0.472. The van der Waals surface area contributed by atoms with Crippen LogP contribution in [0.1, 0.15) is 41.9 Å². The van der Waals surface area contributed by atoms with Crippen molar-refractivity contribution in [3.8, 4) is 11.8 Å². The Morgan fingerprint density at radius 2 is 2.03 bits per heavy atom. The summed E-state index contributed by atoms with van der Waals surface area (Å²) in [6.45, 7) is 7.58. The maximum absolute atomic E-state index is 9.53. The molecule has 1 aromatic carbocycles. The third-order valence-corrected chi connectivity index (χ3v) is 4.78. The maximum Gasteiger partial charge on any atom is 0.216 e. The highest BCUT2D eigenvalue weighted by molar-refractivity contribution is 5.79. The van der Waals surface area contributed by atoms with E-state index in [0.717, 1.165) is 30.1 Å². The fraction of sp³-hybridized carbons (Fsp3) is 0.364. The van der Waals surface area contributed by atoms with Crippen molar-refractivity contribution in [2.75, 3.05) is 18.8 Å². The zero-order valence-corrected chi connectivity index (χ0v) is 18.1. The number of benzene rings is 1. The van der Waals surface area contributed by atoms with E-state index in [1.165, 1.54) is 0 Å². The molecule has 31 heavy (non-hydrogen) atoms. The SMILES string of the molecule is CCNC(=NCc1nc(C)c(C)o1)NCCCc1nn(-c2ccccc2)c(N)c1C#N. The first kappa shape index (κ1) is 21.9. The number of para-hydroxylation sites is 1. The molecule has 0 saturated heterocycles. The molecule has 0 spiro atoms. The molecule has 4 N–H and O–H groups in total. The highest BCUT2D eigenvalue weighted by Crippen LogP contribution is 2.21. The molecule has 2 aromatic heterocycles. The molecule has 0 unspecified atom stereocenters. The number of aryl methyl sites for hydroxylation is 3. The Bertz CT molecular complexity index is 1060. The van der Waals surface area contributed by atoms with Gasteiger partial charge in [0.05, 0.1) is 17.1 Å². The first-order valence-corrected chi connectivity index (χ1v) is 10.3. The number of anilines is 1. The third kappa shape index (κ3) is 5.42. The summed E-state index contributed by atoms with van der Waals surface area (Å²) in [5.74, 6) is 2.45. The van der Waals surface area contributed by atoms with Gasteiger partial charge in [0.2, 0.25) is 5.89 Å². The highest BCUT2D eigenvalue weighted by Gasteiger charge is 2.16. The van der Waals surface area contributed by atoms with Crippen LogP contribution in [0.5, 0.6) is 0 Å². The molecule has 0 aliphatic rings. The lowest BCUT2D eigenvalue weighted by Gasteiger charge is -2.10. The first-order chi connectivity index (χ1) is 15.0. The quantitative estimate of drug-likeness (QED) is 0.290. The van der Waals surface area contributed by atoms with Crippen LogP contribution in [0.25, 0.3) is 5.69 Å². The molecule has 9 heteroatoms. The molecule has 0 aliphatic heterocycles. The molecule has 0 saturated carbocycles. The van der Waals surface area contributed by atoms with E-state index in [1.807, 2.05) is 51.1 Å². The van der Waals surface area contributed by atoms with E-state index in [2.05, 4.69) is 31.8 Å². The second-order valence-corrected chi connectivity index (χ2v) is 7.04. The Labute approximate surface area is 182 Å². The summed E-state index contributed by atoms with van der Waals surface area (Å²) in [4.78, 5) is 8.87. The van der Waals surface area contributed by atoms with Gasteiger partial charge in [-0.1, -0.05) is 18.2 Å². The maximum atomic E-state index is 9.53. The molecule has 0 atom stereocenters. The summed E-state index contributed by atoms with van der Waals surface area (Å²) < 4.78 is 7.19. The van der Waals surface area contributed by atoms with Crippen molar-refractivity contribution in [2.45, 2.75) is 40.2 Å². The lowest BCUT2D eigenvalue weighted by atomic mass is 10.1. The Morgan fingerprint density at radius 1 is 1.26 bits per heavy atom. The molecule has 3 aromatic rings. The number of nitrogens with one attached hydrogen (secondary N) is 2. The zero-order chi connectivity index (χ0) is 22.2. The van der Waals surface area contributed by atoms with Gasteiger partial charge in [0, 0.05) is 13.1 Å². The number of hydrogen-bond acceptors (Lipinski definition) is 6. The molecular weight excluding hydrogens is 392 g/mol. The Kier molecular flexibility index (Phi) is 7.27. The van der Waals surface area contributed by atoms with Crippen molar-refractivity contribution in [3.05, 3.63) is 58.9 Å². The number of guanidine groups is 1. The number of aromatic nitrogens is 3. The summed E-state index contributed by atoms with van der Waals surface area (Å²) in [6.07, 6.45) is 1.39. The van der Waals surface area contributed by atoms with Crippen molar-refractivity contribution < 1.29 is 4.42 Å². The Morgan fingerprint density at radius 3 is 2.68 bits per heavy atom. The topological polar surface area (TPSA) is 130 Å². The molecule has 9 nitrogen and oxygen atoms in total. The van der Waals surface area contributed by atoms with E-state index in [4.69, 9.17) is 10.2 Å². The van der Waals surface area contributed by atoms with Gasteiger partial charge in [-0.2, -0.15) is 10.4 Å². The highest BCUT2D eigenvalue weighted by atomic mass is 16.4. The Balaban J connectivity index is 1.59. The van der Waals surface area contributed by atoms with Crippen LogP contribution in [0.4, 0.5) is 5.82 Å². The van der Waals surface area contributed by atoms with Gasteiger partial charge in [-0.15, -0.1) is 0 Å². The Hall–Kier alpha value is -3.80. The van der Waals surface area contributed by atoms with Crippen LogP contribution in [0.3, 0.4) is 0 Å². The number of aliphatic imine (C=N–C) groups is 1. The van der Waals surface area contributed by atoms with Gasteiger partial charge in [0.15, 0.2) is 5.96 Å². The largest absolute Gasteiger partial charge is 0.444 e. The van der Waals surface area contributed by atoms with Gasteiger partial charge in [-0.25, -0.2) is 14.7 Å². The number of nitrogens with zero attached hydrogens (tertiary/aromatic N) is 5. The first-order valence-electron chi connectivity index (χ1n) is 10.3. The summed E-state index contributed by atoms with van der Waals surface area (Å²) in [5, 5.41) is 20.6. The second-order valence-electron chi connectivity index (χ2n) is 7.04. The molecule has 0 fully saturated rings. The number of nitriles is 1. The van der Waals surface area contributed by atoms with Crippen LogP contribution in [0.2, 0.25) is 0 Å². The average Bonchev–Trinajstić information content (AvgIpc) is 3.27. The van der Waals surface area contributed by atoms with Crippen LogP contribution >= 0.6 is 0 Å². The fourth-order valence-corrected chi connectivity index (χ4v) is 3.10. The van der Waals surface area contributed by atoms with E-state index in [9.17, 15) is 5.26 Å². The van der Waals surface area contributed by atoms with E-state index >= 15 is 0 Å². The lowest BCUT2D eigenvalue weighted by Crippen LogP contribution is -2.37. The van der Waals surface area contributed by atoms with Gasteiger partial charge in [-0.3, -0.25) is 0 Å². The molecule has 0 aliphatic carbocycles. The molecular formula is C22H28N8O. The molecule has 2 heterocycles. The fourth-order valence-electron chi connectivity index (χ4n) is 3.10. The van der Waals surface area contributed by atoms with Crippen LogP contribution in [0, 0.1) is 25.2 Å². The van der Waals surface area contributed by atoms with E-state index in [0.29, 0.717) is 48.4 Å². The van der Waals surface area contributed by atoms with Crippen molar-refractivity contribution in [1.82, 2.24) is 25.4 Å².